The summed E-state index contributed by atoms with van der Waals surface area (Å²) in [4.78, 5) is 11.5. The lowest BCUT2D eigenvalue weighted by Gasteiger charge is -2.09. The lowest BCUT2D eigenvalue weighted by atomic mass is 9.99. The van der Waals surface area contributed by atoms with Gasteiger partial charge in [-0.3, -0.25) is 4.79 Å². The smallest absolute Gasteiger partial charge is 0.251 e. The standard InChI is InChI=1S/C8H7F2NOS/c9-7(10)8(2-3-8)6(12)5-1-4-13-11-5/h1,4,7H,2-3H2. The van der Waals surface area contributed by atoms with E-state index in [2.05, 4.69) is 4.37 Å². The summed E-state index contributed by atoms with van der Waals surface area (Å²) >= 11 is 1.11. The Bertz CT molecular complexity index is 319. The molecule has 1 fully saturated rings. The van der Waals surface area contributed by atoms with Crippen LogP contribution in [-0.2, 0) is 0 Å². The van der Waals surface area contributed by atoms with Crippen molar-refractivity contribution in [1.29, 1.82) is 0 Å². The first kappa shape index (κ1) is 8.74. The van der Waals surface area contributed by atoms with Crippen LogP contribution in [-0.4, -0.2) is 16.6 Å². The summed E-state index contributed by atoms with van der Waals surface area (Å²) in [6, 6.07) is 1.50. The maximum absolute atomic E-state index is 12.5. The molecule has 2 nitrogen and oxygen atoms in total. The number of rotatable bonds is 3. The van der Waals surface area contributed by atoms with Crippen LogP contribution in [0.15, 0.2) is 11.4 Å². The first-order valence-corrected chi connectivity index (χ1v) is 4.74. The van der Waals surface area contributed by atoms with Crippen molar-refractivity contribution >= 4 is 17.3 Å². The van der Waals surface area contributed by atoms with Crippen molar-refractivity contribution in [3.63, 3.8) is 0 Å². The van der Waals surface area contributed by atoms with Crippen LogP contribution in [0.3, 0.4) is 0 Å². The van der Waals surface area contributed by atoms with Crippen LogP contribution in [0.25, 0.3) is 0 Å². The van der Waals surface area contributed by atoms with Gasteiger partial charge in [-0.2, -0.15) is 4.37 Å². The molecule has 0 spiro atoms. The third kappa shape index (κ3) is 1.27. The Morgan fingerprint density at radius 2 is 2.31 bits per heavy atom. The minimum Gasteiger partial charge on any atom is -0.292 e. The highest BCUT2D eigenvalue weighted by Gasteiger charge is 2.57. The molecule has 5 heteroatoms. The average Bonchev–Trinajstić information content (AvgIpc) is 2.74. The summed E-state index contributed by atoms with van der Waals surface area (Å²) in [5, 5.41) is 1.62. The molecule has 1 aliphatic rings. The molecule has 13 heavy (non-hydrogen) atoms. The predicted octanol–water partition coefficient (Wildman–Crippen LogP) is 2.37. The van der Waals surface area contributed by atoms with Gasteiger partial charge in [0.05, 0.1) is 5.41 Å². The van der Waals surface area contributed by atoms with E-state index in [0.717, 1.165) is 11.5 Å². The molecule has 0 aromatic carbocycles. The molecule has 0 saturated heterocycles. The van der Waals surface area contributed by atoms with Crippen LogP contribution in [0.5, 0.6) is 0 Å². The normalized spacial score (nSPS) is 19.0. The third-order valence-electron chi connectivity index (χ3n) is 2.33. The van der Waals surface area contributed by atoms with Gasteiger partial charge < -0.3 is 0 Å². The van der Waals surface area contributed by atoms with Crippen LogP contribution in [0.4, 0.5) is 8.78 Å². The van der Waals surface area contributed by atoms with Gasteiger partial charge in [-0.1, -0.05) is 0 Å². The number of ketones is 1. The van der Waals surface area contributed by atoms with Crippen molar-refractivity contribution in [2.75, 3.05) is 0 Å². The Kier molecular flexibility index (Phi) is 1.91. The number of carbonyl (C=O) groups is 1. The molecule has 0 aliphatic heterocycles. The number of alkyl halides is 2. The maximum atomic E-state index is 12.5. The van der Waals surface area contributed by atoms with E-state index in [9.17, 15) is 13.6 Å². The Balaban J connectivity index is 2.23. The van der Waals surface area contributed by atoms with Crippen molar-refractivity contribution < 1.29 is 13.6 Å². The molecule has 1 aromatic rings. The number of hydrogen-bond acceptors (Lipinski definition) is 3. The number of Topliss-reactive ketones (excluding diaryl/α,β-unsaturated/α-hetero) is 1. The molecule has 1 aromatic heterocycles. The Morgan fingerprint density at radius 3 is 2.69 bits per heavy atom. The van der Waals surface area contributed by atoms with E-state index in [1.165, 1.54) is 6.07 Å². The zero-order valence-corrected chi connectivity index (χ0v) is 7.48. The zero-order chi connectivity index (χ0) is 9.47. The van der Waals surface area contributed by atoms with E-state index in [1.807, 2.05) is 0 Å². The van der Waals surface area contributed by atoms with Crippen LogP contribution < -0.4 is 0 Å². The molecular formula is C8H7F2NOS. The monoisotopic (exact) mass is 203 g/mol. The minimum absolute atomic E-state index is 0.183. The number of carbonyl (C=O) groups excluding carboxylic acids is 1. The fourth-order valence-corrected chi connectivity index (χ4v) is 1.77. The van der Waals surface area contributed by atoms with Gasteiger partial charge in [0.15, 0.2) is 5.78 Å². The van der Waals surface area contributed by atoms with E-state index in [-0.39, 0.29) is 5.69 Å². The van der Waals surface area contributed by atoms with Gasteiger partial charge in [-0.05, 0) is 30.4 Å². The summed E-state index contributed by atoms with van der Waals surface area (Å²) < 4.78 is 28.7. The topological polar surface area (TPSA) is 30.0 Å². The van der Waals surface area contributed by atoms with Crippen molar-refractivity contribution in [3.8, 4) is 0 Å². The van der Waals surface area contributed by atoms with Crippen LogP contribution in [0.2, 0.25) is 0 Å². The van der Waals surface area contributed by atoms with Crippen LogP contribution >= 0.6 is 11.5 Å². The van der Waals surface area contributed by atoms with E-state index in [1.54, 1.807) is 5.38 Å². The lowest BCUT2D eigenvalue weighted by molar-refractivity contribution is 0.0469. The van der Waals surface area contributed by atoms with E-state index in [0.29, 0.717) is 12.8 Å². The van der Waals surface area contributed by atoms with Crippen LogP contribution in [0, 0.1) is 5.41 Å². The molecule has 1 heterocycles. The summed E-state index contributed by atoms with van der Waals surface area (Å²) in [6.07, 6.45) is -1.97. The molecule has 0 amide bonds. The van der Waals surface area contributed by atoms with Crippen molar-refractivity contribution in [2.45, 2.75) is 19.3 Å². The highest BCUT2D eigenvalue weighted by Crippen LogP contribution is 2.52. The second kappa shape index (κ2) is 2.83. The summed E-state index contributed by atoms with van der Waals surface area (Å²) in [5.74, 6) is -0.497. The Hall–Kier alpha value is -0.840. The summed E-state index contributed by atoms with van der Waals surface area (Å²) in [5.41, 5.74) is -1.21. The number of halogens is 2. The molecule has 0 radical (unpaired) electrons. The second-order valence-corrected chi connectivity index (χ2v) is 3.84. The molecule has 1 saturated carbocycles. The third-order valence-corrected chi connectivity index (χ3v) is 2.89. The summed E-state index contributed by atoms with van der Waals surface area (Å²) in [6.45, 7) is 0. The number of nitrogens with zero attached hydrogens (tertiary/aromatic N) is 1. The molecule has 70 valence electrons. The van der Waals surface area contributed by atoms with E-state index >= 15 is 0 Å². The quantitative estimate of drug-likeness (QED) is 0.706. The Morgan fingerprint density at radius 1 is 1.62 bits per heavy atom. The highest BCUT2D eigenvalue weighted by atomic mass is 32.1. The molecule has 0 unspecified atom stereocenters. The fraction of sp³-hybridized carbons (Fsp3) is 0.500. The van der Waals surface area contributed by atoms with Gasteiger partial charge in [-0.15, -0.1) is 0 Å². The molecule has 0 N–H and O–H groups in total. The average molecular weight is 203 g/mol. The SMILES string of the molecule is O=C(c1ccsn1)C1(C(F)F)CC1. The minimum atomic E-state index is -2.55. The Labute approximate surface area is 77.7 Å². The van der Waals surface area contributed by atoms with Crippen molar-refractivity contribution in [3.05, 3.63) is 17.1 Å². The molecule has 2 rings (SSSR count). The van der Waals surface area contributed by atoms with Gasteiger partial charge >= 0.3 is 0 Å². The molecule has 1 aliphatic carbocycles. The highest BCUT2D eigenvalue weighted by molar-refractivity contribution is 7.03. The van der Waals surface area contributed by atoms with Gasteiger partial charge in [0.1, 0.15) is 5.69 Å². The van der Waals surface area contributed by atoms with Gasteiger partial charge in [0, 0.05) is 5.38 Å². The maximum Gasteiger partial charge on any atom is 0.251 e. The van der Waals surface area contributed by atoms with Crippen LogP contribution in [0.1, 0.15) is 23.3 Å². The van der Waals surface area contributed by atoms with Crippen molar-refractivity contribution in [1.82, 2.24) is 4.37 Å². The lowest BCUT2D eigenvalue weighted by Crippen LogP contribution is -2.24. The first-order chi connectivity index (χ1) is 6.17. The zero-order valence-electron chi connectivity index (χ0n) is 6.67. The number of hydrogen-bond donors (Lipinski definition) is 0. The second-order valence-electron chi connectivity index (χ2n) is 3.17. The summed E-state index contributed by atoms with van der Waals surface area (Å²) in [7, 11) is 0. The van der Waals surface area contributed by atoms with E-state index in [4.69, 9.17) is 0 Å². The van der Waals surface area contributed by atoms with Gasteiger partial charge in [-0.25, -0.2) is 8.78 Å². The first-order valence-electron chi connectivity index (χ1n) is 3.90. The predicted molar refractivity (Wildman–Crippen MR) is 44.1 cm³/mol. The molecular weight excluding hydrogens is 196 g/mol. The van der Waals surface area contributed by atoms with Gasteiger partial charge in [0.25, 0.3) is 6.43 Å². The fourth-order valence-electron chi connectivity index (χ4n) is 1.26. The van der Waals surface area contributed by atoms with Gasteiger partial charge in [0.2, 0.25) is 0 Å². The molecule has 0 bridgehead atoms. The van der Waals surface area contributed by atoms with Crippen molar-refractivity contribution in [2.24, 2.45) is 5.41 Å². The number of aromatic nitrogens is 1. The molecule has 0 atom stereocenters. The van der Waals surface area contributed by atoms with E-state index < -0.39 is 17.6 Å². The largest absolute Gasteiger partial charge is 0.292 e.